The number of hydrogen-bond acceptors (Lipinski definition) is 17. The minimum atomic E-state index is -1.91. The van der Waals surface area contributed by atoms with Crippen LogP contribution in [0.2, 0.25) is 0 Å². The summed E-state index contributed by atoms with van der Waals surface area (Å²) in [7, 11) is 0. The normalized spacial score (nSPS) is 48.7. The molecule has 0 amide bonds. The maximum absolute atomic E-state index is 10.6. The van der Waals surface area contributed by atoms with Gasteiger partial charge in [-0.25, -0.2) is 0 Å². The lowest BCUT2D eigenvalue weighted by molar-refractivity contribution is -0.377. The highest BCUT2D eigenvalue weighted by atomic mass is 16.8. The van der Waals surface area contributed by atoms with Crippen LogP contribution in [-0.4, -0.2) is 180 Å². The molecule has 0 radical (unpaired) electrons. The average Bonchev–Trinajstić information content (AvgIpc) is 2.88. The number of rotatable bonds is 7. The Hall–Kier alpha value is -0.680. The van der Waals surface area contributed by atoms with Crippen LogP contribution in [0.4, 0.5) is 0 Å². The minimum absolute atomic E-state index is 0.250. The monoisotopic (exact) mass is 550 g/mol. The molecule has 3 aliphatic rings. The van der Waals surface area contributed by atoms with Gasteiger partial charge in [0.05, 0.1) is 19.8 Å². The molecule has 0 saturated carbocycles. The molecule has 3 saturated heterocycles. The van der Waals surface area contributed by atoms with Gasteiger partial charge in [0, 0.05) is 6.61 Å². The van der Waals surface area contributed by atoms with Crippen molar-refractivity contribution in [3.05, 3.63) is 0 Å². The lowest BCUT2D eigenvalue weighted by Crippen LogP contribution is -2.66. The lowest BCUT2D eigenvalue weighted by Gasteiger charge is -2.47. The van der Waals surface area contributed by atoms with E-state index >= 15 is 0 Å². The fourth-order valence-corrected chi connectivity index (χ4v) is 4.06. The third-order valence-electron chi connectivity index (χ3n) is 6.09. The summed E-state index contributed by atoms with van der Waals surface area (Å²) < 4.78 is 26.4. The SMILES string of the molecule is CCO.OC[C@H]1OC(O[C@H]2[C@H](O)[C@@H](O)C(O[C@H]3[C@H](O)[C@@H](O)[C@@H](O)O[C@@H]3CO)O[C@@H]2CO)[C@H](O)[C@@H](O)[C@@H]1O. The molecule has 0 bridgehead atoms. The highest BCUT2D eigenvalue weighted by molar-refractivity contribution is 4.96. The van der Waals surface area contributed by atoms with Crippen molar-refractivity contribution in [3.8, 4) is 0 Å². The quantitative estimate of drug-likeness (QED) is 0.140. The molecule has 0 aromatic rings. The zero-order valence-corrected chi connectivity index (χ0v) is 19.9. The number of aliphatic hydroxyl groups excluding tert-OH is 12. The fraction of sp³-hybridized carbons (Fsp3) is 1.00. The van der Waals surface area contributed by atoms with Crippen LogP contribution in [-0.2, 0) is 23.7 Å². The zero-order chi connectivity index (χ0) is 28.0. The molecule has 3 heterocycles. The standard InChI is InChI=1S/C18H32O16.C2H6O/c19-1-4-7(22)8(23)12(27)17(31-4)34-15-6(3-21)32-18(13(28)10(15)25)33-14-5(2-20)30-16(29)11(26)9(14)24;1-2-3/h4-29H,1-3H2;3H,2H2,1H3/t4-,5-,6-,7-,8+,9-,10-,11-,12-,13-,14-,15-,16+,17?,18?;/m1./s1. The van der Waals surface area contributed by atoms with Gasteiger partial charge in [-0.1, -0.05) is 0 Å². The van der Waals surface area contributed by atoms with Gasteiger partial charge in [-0.15, -0.1) is 0 Å². The van der Waals surface area contributed by atoms with E-state index in [-0.39, 0.29) is 6.61 Å². The van der Waals surface area contributed by atoms with E-state index in [1.807, 2.05) is 0 Å². The van der Waals surface area contributed by atoms with Gasteiger partial charge in [-0.3, -0.25) is 0 Å². The van der Waals surface area contributed by atoms with E-state index in [1.165, 1.54) is 0 Å². The Morgan fingerprint density at radius 1 is 0.486 bits per heavy atom. The predicted octanol–water partition coefficient (Wildman–Crippen LogP) is -7.57. The summed E-state index contributed by atoms with van der Waals surface area (Å²) in [5.74, 6) is 0. The van der Waals surface area contributed by atoms with Crippen molar-refractivity contribution in [1.82, 2.24) is 0 Å². The Morgan fingerprint density at radius 2 is 0.865 bits per heavy atom. The third-order valence-corrected chi connectivity index (χ3v) is 6.09. The molecule has 3 aliphatic heterocycles. The van der Waals surface area contributed by atoms with Crippen LogP contribution in [0.5, 0.6) is 0 Å². The summed E-state index contributed by atoms with van der Waals surface area (Å²) in [5, 5.41) is 117. The van der Waals surface area contributed by atoms with E-state index in [0.29, 0.717) is 0 Å². The van der Waals surface area contributed by atoms with Gasteiger partial charge in [0.15, 0.2) is 18.9 Å². The summed E-state index contributed by atoms with van der Waals surface area (Å²) >= 11 is 0. The molecule has 3 rings (SSSR count). The van der Waals surface area contributed by atoms with Crippen LogP contribution in [0.15, 0.2) is 0 Å². The summed E-state index contributed by atoms with van der Waals surface area (Å²) in [6.07, 6.45) is -25.1. The Bertz CT molecular complexity index is 652. The van der Waals surface area contributed by atoms with Crippen molar-refractivity contribution < 1.29 is 85.0 Å². The molecule has 2 unspecified atom stereocenters. The van der Waals surface area contributed by atoms with Crippen molar-refractivity contribution in [2.24, 2.45) is 0 Å². The first-order valence-electron chi connectivity index (χ1n) is 11.6. The van der Waals surface area contributed by atoms with Crippen molar-refractivity contribution >= 4 is 0 Å². The van der Waals surface area contributed by atoms with E-state index in [9.17, 15) is 56.2 Å². The van der Waals surface area contributed by atoms with Gasteiger partial charge < -0.3 is 85.0 Å². The van der Waals surface area contributed by atoms with E-state index in [0.717, 1.165) is 0 Å². The Labute approximate surface area is 211 Å². The highest BCUT2D eigenvalue weighted by Gasteiger charge is 2.53. The number of hydrogen-bond donors (Lipinski definition) is 12. The molecule has 12 N–H and O–H groups in total. The van der Waals surface area contributed by atoms with Gasteiger partial charge in [-0.2, -0.15) is 0 Å². The Morgan fingerprint density at radius 3 is 1.32 bits per heavy atom. The van der Waals surface area contributed by atoms with Crippen LogP contribution >= 0.6 is 0 Å². The van der Waals surface area contributed by atoms with Crippen molar-refractivity contribution in [2.75, 3.05) is 26.4 Å². The maximum Gasteiger partial charge on any atom is 0.187 e. The van der Waals surface area contributed by atoms with Crippen molar-refractivity contribution in [2.45, 2.75) is 99.0 Å². The molecule has 3 fully saturated rings. The topological polar surface area (TPSA) is 289 Å². The average molecular weight is 551 g/mol. The van der Waals surface area contributed by atoms with Crippen molar-refractivity contribution in [3.63, 3.8) is 0 Å². The maximum atomic E-state index is 10.6. The number of aliphatic hydroxyl groups is 12. The van der Waals surface area contributed by atoms with Crippen LogP contribution < -0.4 is 0 Å². The first-order chi connectivity index (χ1) is 17.5. The first-order valence-corrected chi connectivity index (χ1v) is 11.6. The Kier molecular flexibility index (Phi) is 12.9. The van der Waals surface area contributed by atoms with Gasteiger partial charge in [0.2, 0.25) is 0 Å². The molecule has 17 nitrogen and oxygen atoms in total. The smallest absolute Gasteiger partial charge is 0.187 e. The molecule has 220 valence electrons. The van der Waals surface area contributed by atoms with E-state index in [1.54, 1.807) is 6.92 Å². The molecular weight excluding hydrogens is 512 g/mol. The molecule has 0 spiro atoms. The van der Waals surface area contributed by atoms with Crippen LogP contribution in [0.25, 0.3) is 0 Å². The molecule has 0 aliphatic carbocycles. The van der Waals surface area contributed by atoms with Crippen LogP contribution in [0, 0.1) is 0 Å². The molecule has 0 aromatic carbocycles. The summed E-state index contributed by atoms with van der Waals surface area (Å²) in [6.45, 7) is -0.391. The van der Waals surface area contributed by atoms with Crippen LogP contribution in [0.1, 0.15) is 6.92 Å². The molecule has 37 heavy (non-hydrogen) atoms. The van der Waals surface area contributed by atoms with Gasteiger partial charge in [0.1, 0.15) is 73.2 Å². The lowest BCUT2D eigenvalue weighted by atomic mass is 9.96. The summed E-state index contributed by atoms with van der Waals surface area (Å²) in [6, 6.07) is 0. The first kappa shape index (κ1) is 32.5. The van der Waals surface area contributed by atoms with Crippen molar-refractivity contribution in [1.29, 1.82) is 0 Å². The molecule has 0 aromatic heterocycles. The second-order valence-corrected chi connectivity index (χ2v) is 8.65. The molecular formula is C20H38O17. The third kappa shape index (κ3) is 7.29. The van der Waals surface area contributed by atoms with Crippen LogP contribution in [0.3, 0.4) is 0 Å². The Balaban J connectivity index is 0.00000153. The molecule has 17 heteroatoms. The highest BCUT2D eigenvalue weighted by Crippen LogP contribution is 2.32. The fourth-order valence-electron chi connectivity index (χ4n) is 4.06. The van der Waals surface area contributed by atoms with E-state index in [4.69, 9.17) is 28.8 Å². The summed E-state index contributed by atoms with van der Waals surface area (Å²) in [4.78, 5) is 0. The van der Waals surface area contributed by atoms with E-state index in [2.05, 4.69) is 0 Å². The second kappa shape index (κ2) is 14.6. The van der Waals surface area contributed by atoms with Gasteiger partial charge >= 0.3 is 0 Å². The van der Waals surface area contributed by atoms with Gasteiger partial charge in [0.25, 0.3) is 0 Å². The van der Waals surface area contributed by atoms with Gasteiger partial charge in [-0.05, 0) is 6.92 Å². The predicted molar refractivity (Wildman–Crippen MR) is 114 cm³/mol. The molecule has 15 atom stereocenters. The van der Waals surface area contributed by atoms with E-state index < -0.39 is 112 Å². The largest absolute Gasteiger partial charge is 0.397 e. The zero-order valence-electron chi connectivity index (χ0n) is 19.9. The second-order valence-electron chi connectivity index (χ2n) is 8.65. The minimum Gasteiger partial charge on any atom is -0.397 e. The number of ether oxygens (including phenoxy) is 5. The summed E-state index contributed by atoms with van der Waals surface area (Å²) in [5.41, 5.74) is 0.